The van der Waals surface area contributed by atoms with Crippen LogP contribution in [0, 0.1) is 19.8 Å². The van der Waals surface area contributed by atoms with Crippen LogP contribution in [0.5, 0.6) is 0 Å². The molecule has 1 atom stereocenters. The zero-order valence-corrected chi connectivity index (χ0v) is 17.8. The maximum atomic E-state index is 12.9. The van der Waals surface area contributed by atoms with E-state index in [9.17, 15) is 13.2 Å². The standard InChI is InChI=1S/C20H23BrN2O3S/c1-14-5-10-19(15(2)12-14)22-20(24)16-4-3-11-23(13-16)27(25,26)18-8-6-17(21)7-9-18/h5-10,12,16H,3-4,11,13H2,1-2H3,(H,22,24)/t16-/m1/s1. The van der Waals surface area contributed by atoms with Crippen LogP contribution in [0.15, 0.2) is 51.8 Å². The van der Waals surface area contributed by atoms with Crippen molar-refractivity contribution in [1.29, 1.82) is 0 Å². The first-order valence-electron chi connectivity index (χ1n) is 8.91. The van der Waals surface area contributed by atoms with Crippen LogP contribution >= 0.6 is 15.9 Å². The molecule has 1 heterocycles. The lowest BCUT2D eigenvalue weighted by atomic mass is 9.98. The predicted octanol–water partition coefficient (Wildman–Crippen LogP) is 4.11. The Bertz CT molecular complexity index is 942. The highest BCUT2D eigenvalue weighted by Gasteiger charge is 2.33. The minimum Gasteiger partial charge on any atom is -0.326 e. The van der Waals surface area contributed by atoms with Crippen LogP contribution in [0.25, 0.3) is 0 Å². The number of nitrogens with zero attached hydrogens (tertiary/aromatic N) is 1. The number of piperidine rings is 1. The molecule has 1 N–H and O–H groups in total. The molecular weight excluding hydrogens is 428 g/mol. The van der Waals surface area contributed by atoms with Crippen molar-refractivity contribution in [2.45, 2.75) is 31.6 Å². The number of amides is 1. The van der Waals surface area contributed by atoms with Gasteiger partial charge in [0.05, 0.1) is 10.8 Å². The van der Waals surface area contributed by atoms with E-state index >= 15 is 0 Å². The number of sulfonamides is 1. The number of hydrogen-bond acceptors (Lipinski definition) is 3. The maximum absolute atomic E-state index is 12.9. The van der Waals surface area contributed by atoms with Crippen molar-refractivity contribution in [1.82, 2.24) is 4.31 Å². The van der Waals surface area contributed by atoms with Gasteiger partial charge in [0.15, 0.2) is 0 Å². The summed E-state index contributed by atoms with van der Waals surface area (Å²) in [6, 6.07) is 12.4. The summed E-state index contributed by atoms with van der Waals surface area (Å²) in [6.07, 6.45) is 1.35. The Morgan fingerprint density at radius 3 is 2.52 bits per heavy atom. The molecule has 0 unspecified atom stereocenters. The molecule has 1 saturated heterocycles. The van der Waals surface area contributed by atoms with Gasteiger partial charge in [0.1, 0.15) is 0 Å². The van der Waals surface area contributed by atoms with E-state index in [-0.39, 0.29) is 23.3 Å². The minimum atomic E-state index is -3.60. The fourth-order valence-corrected chi connectivity index (χ4v) is 5.11. The zero-order valence-electron chi connectivity index (χ0n) is 15.4. The number of anilines is 1. The molecule has 0 spiro atoms. The third kappa shape index (κ3) is 4.59. The van der Waals surface area contributed by atoms with Crippen molar-refractivity contribution in [3.63, 3.8) is 0 Å². The van der Waals surface area contributed by atoms with Crippen LogP contribution in [0.2, 0.25) is 0 Å². The summed E-state index contributed by atoms with van der Waals surface area (Å²) in [5, 5.41) is 2.96. The van der Waals surface area contributed by atoms with Gasteiger partial charge in [-0.15, -0.1) is 0 Å². The van der Waals surface area contributed by atoms with Gasteiger partial charge in [-0.25, -0.2) is 8.42 Å². The van der Waals surface area contributed by atoms with Gasteiger partial charge in [-0.3, -0.25) is 4.79 Å². The number of aryl methyl sites for hydroxylation is 2. The fraction of sp³-hybridized carbons (Fsp3) is 0.350. The first-order chi connectivity index (χ1) is 12.8. The van der Waals surface area contributed by atoms with E-state index in [1.165, 1.54) is 4.31 Å². The highest BCUT2D eigenvalue weighted by molar-refractivity contribution is 9.10. The summed E-state index contributed by atoms with van der Waals surface area (Å²) in [5.74, 6) is -0.484. The van der Waals surface area contributed by atoms with Gasteiger partial charge < -0.3 is 5.32 Å². The first kappa shape index (κ1) is 20.0. The van der Waals surface area contributed by atoms with E-state index < -0.39 is 10.0 Å². The summed E-state index contributed by atoms with van der Waals surface area (Å²) in [4.78, 5) is 13.0. The van der Waals surface area contributed by atoms with Crippen LogP contribution < -0.4 is 5.32 Å². The number of rotatable bonds is 4. The van der Waals surface area contributed by atoms with Crippen molar-refractivity contribution in [3.8, 4) is 0 Å². The molecular formula is C20H23BrN2O3S. The largest absolute Gasteiger partial charge is 0.326 e. The predicted molar refractivity (Wildman–Crippen MR) is 110 cm³/mol. The first-order valence-corrected chi connectivity index (χ1v) is 11.1. The van der Waals surface area contributed by atoms with Gasteiger partial charge in [0, 0.05) is 23.2 Å². The molecule has 144 valence electrons. The van der Waals surface area contributed by atoms with E-state index in [0.29, 0.717) is 19.4 Å². The maximum Gasteiger partial charge on any atom is 0.243 e. The number of halogens is 1. The monoisotopic (exact) mass is 450 g/mol. The normalized spacial score (nSPS) is 18.3. The molecule has 0 aromatic heterocycles. The third-order valence-electron chi connectivity index (χ3n) is 4.85. The molecule has 3 rings (SSSR count). The van der Waals surface area contributed by atoms with Crippen molar-refractivity contribution in [3.05, 3.63) is 58.1 Å². The van der Waals surface area contributed by atoms with Gasteiger partial charge in [0.25, 0.3) is 0 Å². The van der Waals surface area contributed by atoms with Gasteiger partial charge in [-0.2, -0.15) is 4.31 Å². The molecule has 0 saturated carbocycles. The number of nitrogens with one attached hydrogen (secondary N) is 1. The quantitative estimate of drug-likeness (QED) is 0.761. The second-order valence-electron chi connectivity index (χ2n) is 6.96. The molecule has 1 amide bonds. The Balaban J connectivity index is 1.73. The average molecular weight is 451 g/mol. The van der Waals surface area contributed by atoms with Crippen LogP contribution in [0.4, 0.5) is 5.69 Å². The summed E-state index contributed by atoms with van der Waals surface area (Å²) >= 11 is 3.32. The summed E-state index contributed by atoms with van der Waals surface area (Å²) in [7, 11) is -3.60. The topological polar surface area (TPSA) is 66.5 Å². The third-order valence-corrected chi connectivity index (χ3v) is 7.25. The molecule has 27 heavy (non-hydrogen) atoms. The van der Waals surface area contributed by atoms with Gasteiger partial charge in [0.2, 0.25) is 15.9 Å². The van der Waals surface area contributed by atoms with Crippen molar-refractivity contribution in [2.24, 2.45) is 5.92 Å². The Morgan fingerprint density at radius 2 is 1.85 bits per heavy atom. The number of benzene rings is 2. The van der Waals surface area contributed by atoms with Gasteiger partial charge in [-0.05, 0) is 62.6 Å². The van der Waals surface area contributed by atoms with Crippen molar-refractivity contribution < 1.29 is 13.2 Å². The zero-order chi connectivity index (χ0) is 19.6. The number of carbonyl (C=O) groups excluding carboxylic acids is 1. The molecule has 1 fully saturated rings. The van der Waals surface area contributed by atoms with E-state index in [1.54, 1.807) is 24.3 Å². The Hall–Kier alpha value is -1.70. The Kier molecular flexibility index (Phi) is 6.03. The second-order valence-corrected chi connectivity index (χ2v) is 9.82. The van der Waals surface area contributed by atoms with E-state index in [2.05, 4.69) is 21.2 Å². The van der Waals surface area contributed by atoms with Crippen LogP contribution in [0.3, 0.4) is 0 Å². The highest BCUT2D eigenvalue weighted by Crippen LogP contribution is 2.26. The number of carbonyl (C=O) groups is 1. The average Bonchev–Trinajstić information content (AvgIpc) is 2.64. The van der Waals surface area contributed by atoms with Crippen molar-refractivity contribution in [2.75, 3.05) is 18.4 Å². The molecule has 2 aromatic carbocycles. The lowest BCUT2D eigenvalue weighted by Crippen LogP contribution is -2.43. The molecule has 2 aromatic rings. The summed E-state index contributed by atoms with van der Waals surface area (Å²) in [6.45, 7) is 4.60. The van der Waals surface area contributed by atoms with Crippen LogP contribution in [0.1, 0.15) is 24.0 Å². The van der Waals surface area contributed by atoms with Crippen molar-refractivity contribution >= 4 is 37.5 Å². The highest BCUT2D eigenvalue weighted by atomic mass is 79.9. The van der Waals surface area contributed by atoms with E-state index in [4.69, 9.17) is 0 Å². The lowest BCUT2D eigenvalue weighted by Gasteiger charge is -2.31. The lowest BCUT2D eigenvalue weighted by molar-refractivity contribution is -0.120. The molecule has 1 aliphatic rings. The minimum absolute atomic E-state index is 0.127. The Morgan fingerprint density at radius 1 is 1.15 bits per heavy atom. The SMILES string of the molecule is Cc1ccc(NC(=O)[C@@H]2CCCN(S(=O)(=O)c3ccc(Br)cc3)C2)c(C)c1. The Labute approximate surface area is 169 Å². The van der Waals surface area contributed by atoms with Gasteiger partial charge in [-0.1, -0.05) is 33.6 Å². The molecule has 0 bridgehead atoms. The molecule has 0 radical (unpaired) electrons. The molecule has 1 aliphatic heterocycles. The molecule has 7 heteroatoms. The van der Waals surface area contributed by atoms with E-state index in [0.717, 1.165) is 21.3 Å². The smallest absolute Gasteiger partial charge is 0.243 e. The summed E-state index contributed by atoms with van der Waals surface area (Å²) in [5.41, 5.74) is 2.91. The number of hydrogen-bond donors (Lipinski definition) is 1. The van der Waals surface area contributed by atoms with E-state index in [1.807, 2.05) is 32.0 Å². The van der Waals surface area contributed by atoms with Crippen LogP contribution in [-0.2, 0) is 14.8 Å². The molecule has 5 nitrogen and oxygen atoms in total. The van der Waals surface area contributed by atoms with Crippen LogP contribution in [-0.4, -0.2) is 31.7 Å². The second kappa shape index (κ2) is 8.12. The summed E-state index contributed by atoms with van der Waals surface area (Å²) < 4.78 is 28.0. The molecule has 0 aliphatic carbocycles. The fourth-order valence-electron chi connectivity index (χ4n) is 3.32. The van der Waals surface area contributed by atoms with Gasteiger partial charge >= 0.3 is 0 Å².